The number of nitrogens with one attached hydrogen (secondary N) is 1. The van der Waals surface area contributed by atoms with Crippen LogP contribution in [0.2, 0.25) is 0 Å². The van der Waals surface area contributed by atoms with E-state index in [0.29, 0.717) is 5.69 Å². The fourth-order valence-electron chi connectivity index (χ4n) is 3.76. The van der Waals surface area contributed by atoms with Crippen LogP contribution in [0, 0.1) is 11.3 Å². The van der Waals surface area contributed by atoms with Crippen LogP contribution in [-0.2, 0) is 7.05 Å². The van der Waals surface area contributed by atoms with E-state index in [1.54, 1.807) is 10.9 Å². The van der Waals surface area contributed by atoms with Crippen LogP contribution in [0.5, 0.6) is 0 Å². The van der Waals surface area contributed by atoms with Gasteiger partial charge < -0.3 is 10.2 Å². The monoisotopic (exact) mass is 384 g/mol. The fourth-order valence-corrected chi connectivity index (χ4v) is 3.76. The van der Waals surface area contributed by atoms with Crippen molar-refractivity contribution in [2.75, 3.05) is 31.1 Å². The van der Waals surface area contributed by atoms with Gasteiger partial charge in [-0.2, -0.15) is 10.4 Å². The molecule has 1 saturated heterocycles. The molecule has 0 amide bonds. The molecule has 0 radical (unpaired) electrons. The van der Waals surface area contributed by atoms with Crippen molar-refractivity contribution in [2.24, 2.45) is 7.05 Å². The van der Waals surface area contributed by atoms with Crippen LogP contribution >= 0.6 is 0 Å². The summed E-state index contributed by atoms with van der Waals surface area (Å²) in [4.78, 5) is 11.4. The maximum Gasteiger partial charge on any atom is 0.145 e. The summed E-state index contributed by atoms with van der Waals surface area (Å²) in [7, 11) is 1.89. The fraction of sp³-hybridized carbons (Fsp3) is 0.238. The van der Waals surface area contributed by atoms with E-state index in [4.69, 9.17) is 4.98 Å². The molecule has 0 aliphatic carbocycles. The quantitative estimate of drug-likeness (QED) is 0.582. The van der Waals surface area contributed by atoms with Crippen molar-refractivity contribution in [1.82, 2.24) is 29.5 Å². The lowest BCUT2D eigenvalue weighted by Crippen LogP contribution is -2.43. The summed E-state index contributed by atoms with van der Waals surface area (Å²) in [5, 5.41) is 17.2. The zero-order chi connectivity index (χ0) is 19.8. The van der Waals surface area contributed by atoms with Crippen molar-refractivity contribution in [2.45, 2.75) is 0 Å². The number of anilines is 1. The Morgan fingerprint density at radius 3 is 2.55 bits per heavy atom. The summed E-state index contributed by atoms with van der Waals surface area (Å²) in [5.74, 6) is 0.973. The van der Waals surface area contributed by atoms with Crippen LogP contribution in [0.4, 0.5) is 5.82 Å². The number of imidazole rings is 1. The van der Waals surface area contributed by atoms with E-state index in [9.17, 15) is 5.26 Å². The molecule has 4 aromatic heterocycles. The lowest BCUT2D eigenvalue weighted by Gasteiger charge is -2.28. The summed E-state index contributed by atoms with van der Waals surface area (Å²) in [5.41, 5.74) is 5.05. The Labute approximate surface area is 168 Å². The predicted octanol–water partition coefficient (Wildman–Crippen LogP) is 2.08. The molecule has 0 spiro atoms. The first kappa shape index (κ1) is 17.4. The van der Waals surface area contributed by atoms with E-state index < -0.39 is 0 Å². The largest absolute Gasteiger partial charge is 0.354 e. The molecule has 0 unspecified atom stereocenters. The normalized spacial score (nSPS) is 14.3. The summed E-state index contributed by atoms with van der Waals surface area (Å²) in [6, 6.07) is 10.4. The zero-order valence-corrected chi connectivity index (χ0v) is 16.1. The second kappa shape index (κ2) is 7.04. The highest BCUT2D eigenvalue weighted by Gasteiger charge is 2.15. The molecule has 29 heavy (non-hydrogen) atoms. The average Bonchev–Trinajstić information content (AvgIpc) is 3.40. The number of nitriles is 1. The van der Waals surface area contributed by atoms with Crippen LogP contribution in [0.1, 0.15) is 5.69 Å². The molecule has 8 nitrogen and oxygen atoms in total. The highest BCUT2D eigenvalue weighted by Crippen LogP contribution is 2.29. The van der Waals surface area contributed by atoms with Gasteiger partial charge in [-0.25, -0.2) is 9.97 Å². The van der Waals surface area contributed by atoms with Gasteiger partial charge in [0.25, 0.3) is 0 Å². The van der Waals surface area contributed by atoms with Crippen molar-refractivity contribution in [3.63, 3.8) is 0 Å². The van der Waals surface area contributed by atoms with Gasteiger partial charge in [0.15, 0.2) is 0 Å². The number of hydrogen-bond acceptors (Lipinski definition) is 6. The van der Waals surface area contributed by atoms with Gasteiger partial charge in [-0.15, -0.1) is 0 Å². The van der Waals surface area contributed by atoms with Gasteiger partial charge in [-0.1, -0.05) is 0 Å². The second-order valence-corrected chi connectivity index (χ2v) is 7.12. The molecule has 0 bridgehead atoms. The zero-order valence-electron chi connectivity index (χ0n) is 16.1. The molecular formula is C21H20N8. The first-order valence-electron chi connectivity index (χ1n) is 9.55. The number of piperazine rings is 1. The Hall–Kier alpha value is -3.70. The highest BCUT2D eigenvalue weighted by atomic mass is 15.2. The third-order valence-electron chi connectivity index (χ3n) is 5.24. The van der Waals surface area contributed by atoms with Gasteiger partial charge in [-0.05, 0) is 29.8 Å². The Morgan fingerprint density at radius 1 is 1.00 bits per heavy atom. The molecule has 1 aliphatic rings. The number of hydrogen-bond donors (Lipinski definition) is 1. The Bertz CT molecular complexity index is 1210. The number of aromatic nitrogens is 5. The van der Waals surface area contributed by atoms with Crippen molar-refractivity contribution in [3.8, 4) is 28.5 Å². The predicted molar refractivity (Wildman–Crippen MR) is 110 cm³/mol. The standard InChI is InChI=1S/C21H20N8/c1-27-14-17(12-26-27)16-8-19(29-18(10-22)13-25-21(29)9-16)15-2-3-20(24-11-15)28-6-4-23-5-7-28/h2-3,8-9,11-14,23H,4-7H2,1H3. The molecule has 1 aliphatic heterocycles. The maximum atomic E-state index is 9.55. The van der Waals surface area contributed by atoms with Crippen LogP contribution in [-0.4, -0.2) is 50.3 Å². The number of aryl methyl sites for hydroxylation is 1. The number of rotatable bonds is 3. The average molecular weight is 384 g/mol. The first-order valence-corrected chi connectivity index (χ1v) is 9.55. The minimum atomic E-state index is 0.499. The first-order chi connectivity index (χ1) is 14.2. The summed E-state index contributed by atoms with van der Waals surface area (Å²) in [6.45, 7) is 3.84. The van der Waals surface area contributed by atoms with E-state index in [1.165, 1.54) is 0 Å². The number of fused-ring (bicyclic) bond motifs is 1. The molecular weight excluding hydrogens is 364 g/mol. The molecule has 1 fully saturated rings. The summed E-state index contributed by atoms with van der Waals surface area (Å²) in [6.07, 6.45) is 7.28. The maximum absolute atomic E-state index is 9.55. The summed E-state index contributed by atoms with van der Waals surface area (Å²) >= 11 is 0. The Balaban J connectivity index is 1.62. The Kier molecular flexibility index (Phi) is 4.22. The van der Waals surface area contributed by atoms with Crippen molar-refractivity contribution in [3.05, 3.63) is 54.7 Å². The van der Waals surface area contributed by atoms with E-state index in [1.807, 2.05) is 42.2 Å². The molecule has 8 heteroatoms. The van der Waals surface area contributed by atoms with Gasteiger partial charge in [-0.3, -0.25) is 9.08 Å². The second-order valence-electron chi connectivity index (χ2n) is 7.12. The van der Waals surface area contributed by atoms with Crippen molar-refractivity contribution in [1.29, 1.82) is 5.26 Å². The van der Waals surface area contributed by atoms with E-state index in [0.717, 1.165) is 60.0 Å². The topological polar surface area (TPSA) is 87.1 Å². The van der Waals surface area contributed by atoms with Crippen LogP contribution in [0.3, 0.4) is 0 Å². The lowest BCUT2D eigenvalue weighted by atomic mass is 10.1. The Morgan fingerprint density at radius 2 is 1.86 bits per heavy atom. The van der Waals surface area contributed by atoms with Gasteiger partial charge in [0, 0.05) is 56.7 Å². The van der Waals surface area contributed by atoms with E-state index in [2.05, 4.69) is 38.5 Å². The molecule has 144 valence electrons. The summed E-state index contributed by atoms with van der Waals surface area (Å²) < 4.78 is 3.65. The lowest BCUT2D eigenvalue weighted by molar-refractivity contribution is 0.585. The van der Waals surface area contributed by atoms with Crippen molar-refractivity contribution >= 4 is 11.5 Å². The van der Waals surface area contributed by atoms with Gasteiger partial charge >= 0.3 is 0 Å². The van der Waals surface area contributed by atoms with Gasteiger partial charge in [0.1, 0.15) is 23.2 Å². The molecule has 4 aromatic rings. The molecule has 5 rings (SSSR count). The minimum absolute atomic E-state index is 0.499. The third-order valence-corrected chi connectivity index (χ3v) is 5.24. The molecule has 0 saturated carbocycles. The van der Waals surface area contributed by atoms with Crippen molar-refractivity contribution < 1.29 is 0 Å². The molecule has 1 N–H and O–H groups in total. The molecule has 5 heterocycles. The number of pyridine rings is 2. The minimum Gasteiger partial charge on any atom is -0.354 e. The van der Waals surface area contributed by atoms with Gasteiger partial charge in [0.2, 0.25) is 0 Å². The third kappa shape index (κ3) is 3.11. The molecule has 0 aromatic carbocycles. The van der Waals surface area contributed by atoms with E-state index in [-0.39, 0.29) is 0 Å². The highest BCUT2D eigenvalue weighted by molar-refractivity contribution is 5.75. The van der Waals surface area contributed by atoms with Gasteiger partial charge in [0.05, 0.1) is 18.1 Å². The smallest absolute Gasteiger partial charge is 0.145 e. The van der Waals surface area contributed by atoms with Crippen LogP contribution in [0.25, 0.3) is 28.0 Å². The number of nitrogens with zero attached hydrogens (tertiary/aromatic N) is 7. The van der Waals surface area contributed by atoms with E-state index >= 15 is 0 Å². The molecule has 0 atom stereocenters. The SMILES string of the molecule is Cn1cc(-c2cc(-c3ccc(N4CCNCC4)nc3)n3c(C#N)cnc3c2)cn1. The van der Waals surface area contributed by atoms with Crippen LogP contribution in [0.15, 0.2) is 49.1 Å². The van der Waals surface area contributed by atoms with Crippen LogP contribution < -0.4 is 10.2 Å².